The Hall–Kier alpha value is -3.23. The first-order chi connectivity index (χ1) is 13.3. The van der Waals surface area contributed by atoms with E-state index in [1.165, 1.54) is 48.6 Å². The molecule has 1 heterocycles. The predicted octanol–water partition coefficient (Wildman–Crippen LogP) is 7.39. The molecule has 128 valence electrons. The molecule has 0 aliphatic rings. The van der Waals surface area contributed by atoms with Crippen LogP contribution >= 0.6 is 11.3 Å². The lowest BCUT2D eigenvalue weighted by Crippen LogP contribution is -1.82. The zero-order valence-corrected chi connectivity index (χ0v) is 15.5. The van der Waals surface area contributed by atoms with Crippen LogP contribution in [0.2, 0.25) is 0 Å². The molecule has 0 atom stereocenters. The van der Waals surface area contributed by atoms with Gasteiger partial charge in [-0.05, 0) is 40.5 Å². The Morgan fingerprint density at radius 2 is 1.26 bits per heavy atom. The van der Waals surface area contributed by atoms with E-state index in [0.717, 1.165) is 5.56 Å². The smallest absolute Gasteiger partial charge is 0.0361 e. The number of thiophene rings is 1. The van der Waals surface area contributed by atoms with Gasteiger partial charge in [-0.1, -0.05) is 72.8 Å². The van der Waals surface area contributed by atoms with Gasteiger partial charge in [0.1, 0.15) is 0 Å². The van der Waals surface area contributed by atoms with Crippen molar-refractivity contribution in [2.75, 3.05) is 0 Å². The van der Waals surface area contributed by atoms with Gasteiger partial charge in [0.25, 0.3) is 0 Å². The molecule has 5 rings (SSSR count). The molecule has 4 aromatic carbocycles. The molecule has 1 aromatic heterocycles. The summed E-state index contributed by atoms with van der Waals surface area (Å²) in [6.45, 7) is 0. The van der Waals surface area contributed by atoms with Gasteiger partial charge in [0.05, 0.1) is 0 Å². The Labute approximate surface area is 162 Å². The molecule has 0 unspecified atom stereocenters. The van der Waals surface area contributed by atoms with Crippen molar-refractivity contribution in [2.24, 2.45) is 0 Å². The zero-order valence-electron chi connectivity index (χ0n) is 14.6. The Morgan fingerprint density at radius 3 is 2.00 bits per heavy atom. The summed E-state index contributed by atoms with van der Waals surface area (Å²) in [6.07, 6.45) is 1.45. The van der Waals surface area contributed by atoms with E-state index in [4.69, 9.17) is 5.41 Å². The van der Waals surface area contributed by atoms with E-state index in [1.54, 1.807) is 11.3 Å². The summed E-state index contributed by atoms with van der Waals surface area (Å²) in [5.74, 6) is 0. The van der Waals surface area contributed by atoms with Crippen molar-refractivity contribution < 1.29 is 0 Å². The monoisotopic (exact) mass is 363 g/mol. The molecule has 0 amide bonds. The minimum absolute atomic E-state index is 0.982. The van der Waals surface area contributed by atoms with Crippen LogP contribution in [-0.2, 0) is 0 Å². The lowest BCUT2D eigenvalue weighted by molar-refractivity contribution is 1.56. The van der Waals surface area contributed by atoms with E-state index >= 15 is 0 Å². The molecule has 0 aliphatic heterocycles. The highest BCUT2D eigenvalue weighted by atomic mass is 32.1. The number of benzene rings is 4. The van der Waals surface area contributed by atoms with E-state index in [-0.39, 0.29) is 0 Å². The van der Waals surface area contributed by atoms with Gasteiger partial charge >= 0.3 is 0 Å². The first kappa shape index (κ1) is 16.0. The Morgan fingerprint density at radius 1 is 0.593 bits per heavy atom. The molecule has 0 saturated carbocycles. The zero-order chi connectivity index (χ0) is 18.2. The Bertz CT molecular complexity index is 1260. The van der Waals surface area contributed by atoms with Crippen LogP contribution in [0.3, 0.4) is 0 Å². The molecule has 0 bridgehead atoms. The fraction of sp³-hybridized carbons (Fsp3) is 0. The third-order valence-electron chi connectivity index (χ3n) is 5.01. The normalized spacial score (nSPS) is 11.1. The van der Waals surface area contributed by atoms with E-state index < -0.39 is 0 Å². The van der Waals surface area contributed by atoms with Gasteiger partial charge in [0.2, 0.25) is 0 Å². The van der Waals surface area contributed by atoms with Crippen LogP contribution in [0.1, 0.15) is 5.56 Å². The van der Waals surface area contributed by atoms with Crippen LogP contribution in [0.15, 0.2) is 91.0 Å². The van der Waals surface area contributed by atoms with E-state index in [9.17, 15) is 0 Å². The molecule has 27 heavy (non-hydrogen) atoms. The van der Waals surface area contributed by atoms with Crippen molar-refractivity contribution in [1.82, 2.24) is 0 Å². The molecular weight excluding hydrogens is 346 g/mol. The summed E-state index contributed by atoms with van der Waals surface area (Å²) in [5, 5.41) is 10.2. The lowest BCUT2D eigenvalue weighted by atomic mass is 9.98. The standard InChI is InChI=1S/C25H17NS/c26-16-21-7-4-8-24-25(21)22-15-20(13-14-23(22)27-24)19-11-9-18(10-12-19)17-5-2-1-3-6-17/h1-16,26H. The van der Waals surface area contributed by atoms with E-state index in [2.05, 4.69) is 72.8 Å². The van der Waals surface area contributed by atoms with Gasteiger partial charge in [-0.25, -0.2) is 0 Å². The Balaban J connectivity index is 1.63. The van der Waals surface area contributed by atoms with Crippen LogP contribution in [0.5, 0.6) is 0 Å². The number of hydrogen-bond acceptors (Lipinski definition) is 2. The minimum atomic E-state index is 0.982. The number of hydrogen-bond donors (Lipinski definition) is 1. The van der Waals surface area contributed by atoms with Gasteiger partial charge in [0, 0.05) is 32.0 Å². The predicted molar refractivity (Wildman–Crippen MR) is 118 cm³/mol. The quantitative estimate of drug-likeness (QED) is 0.323. The second kappa shape index (κ2) is 6.49. The topological polar surface area (TPSA) is 23.9 Å². The molecule has 1 N–H and O–H groups in total. The number of nitrogens with one attached hydrogen (secondary N) is 1. The second-order valence-corrected chi connectivity index (χ2v) is 7.70. The van der Waals surface area contributed by atoms with Crippen LogP contribution in [-0.4, -0.2) is 6.21 Å². The highest BCUT2D eigenvalue weighted by molar-refractivity contribution is 7.25. The highest BCUT2D eigenvalue weighted by Crippen LogP contribution is 2.38. The first-order valence-electron chi connectivity index (χ1n) is 8.95. The van der Waals surface area contributed by atoms with Crippen molar-refractivity contribution in [3.8, 4) is 22.3 Å². The Kier molecular flexibility index (Phi) is 3.84. The summed E-state index contributed by atoms with van der Waals surface area (Å²) in [7, 11) is 0. The lowest BCUT2D eigenvalue weighted by Gasteiger charge is -2.06. The third kappa shape index (κ3) is 2.75. The van der Waals surface area contributed by atoms with Gasteiger partial charge < -0.3 is 5.41 Å². The van der Waals surface area contributed by atoms with Crippen molar-refractivity contribution in [2.45, 2.75) is 0 Å². The minimum Gasteiger partial charge on any atom is -0.308 e. The van der Waals surface area contributed by atoms with Crippen molar-refractivity contribution >= 4 is 37.7 Å². The molecule has 5 aromatic rings. The van der Waals surface area contributed by atoms with Crippen molar-refractivity contribution in [3.63, 3.8) is 0 Å². The molecule has 0 fully saturated rings. The summed E-state index contributed by atoms with van der Waals surface area (Å²) < 4.78 is 2.51. The highest BCUT2D eigenvalue weighted by Gasteiger charge is 2.09. The maximum absolute atomic E-state index is 7.74. The average molecular weight is 363 g/mol. The maximum atomic E-state index is 7.74. The fourth-order valence-electron chi connectivity index (χ4n) is 3.64. The van der Waals surface area contributed by atoms with Crippen LogP contribution in [0, 0.1) is 5.41 Å². The molecule has 2 heteroatoms. The third-order valence-corrected chi connectivity index (χ3v) is 6.14. The van der Waals surface area contributed by atoms with Gasteiger partial charge in [-0.3, -0.25) is 0 Å². The van der Waals surface area contributed by atoms with Gasteiger partial charge in [0.15, 0.2) is 0 Å². The van der Waals surface area contributed by atoms with Crippen LogP contribution in [0.4, 0.5) is 0 Å². The van der Waals surface area contributed by atoms with Crippen LogP contribution < -0.4 is 0 Å². The average Bonchev–Trinajstić information content (AvgIpc) is 3.12. The number of rotatable bonds is 3. The maximum Gasteiger partial charge on any atom is 0.0361 e. The molecule has 1 nitrogen and oxygen atoms in total. The SMILES string of the molecule is N=Cc1cccc2sc3ccc(-c4ccc(-c5ccccc5)cc4)cc3c12. The molecule has 0 aliphatic carbocycles. The second-order valence-electron chi connectivity index (χ2n) is 6.62. The van der Waals surface area contributed by atoms with Gasteiger partial charge in [-0.2, -0.15) is 0 Å². The summed E-state index contributed by atoms with van der Waals surface area (Å²) >= 11 is 1.79. The molecule has 0 saturated heterocycles. The van der Waals surface area contributed by atoms with Crippen molar-refractivity contribution in [1.29, 1.82) is 5.41 Å². The number of fused-ring (bicyclic) bond motifs is 3. The molecule has 0 spiro atoms. The summed E-state index contributed by atoms with van der Waals surface area (Å²) in [4.78, 5) is 0. The molecular formula is C25H17NS. The largest absolute Gasteiger partial charge is 0.308 e. The fourth-order valence-corrected chi connectivity index (χ4v) is 4.76. The van der Waals surface area contributed by atoms with Crippen molar-refractivity contribution in [3.05, 3.63) is 96.6 Å². The van der Waals surface area contributed by atoms with Gasteiger partial charge in [-0.15, -0.1) is 11.3 Å². The van der Waals surface area contributed by atoms with Crippen LogP contribution in [0.25, 0.3) is 42.4 Å². The summed E-state index contributed by atoms with van der Waals surface area (Å²) in [5.41, 5.74) is 5.87. The van der Waals surface area contributed by atoms with E-state index in [0.29, 0.717) is 0 Å². The first-order valence-corrected chi connectivity index (χ1v) is 9.77. The van der Waals surface area contributed by atoms with E-state index in [1.807, 2.05) is 18.2 Å². The summed E-state index contributed by atoms with van der Waals surface area (Å²) in [6, 6.07) is 32.0. The molecule has 0 radical (unpaired) electrons.